The van der Waals surface area contributed by atoms with Crippen LogP contribution in [0.5, 0.6) is 0 Å². The molecule has 0 aliphatic carbocycles. The van der Waals surface area contributed by atoms with Gasteiger partial charge < -0.3 is 15.4 Å². The molecule has 5 nitrogen and oxygen atoms in total. The van der Waals surface area contributed by atoms with Gasteiger partial charge in [-0.05, 0) is 0 Å². The number of nitrogens with one attached hydrogen (secondary N) is 2. The van der Waals surface area contributed by atoms with E-state index in [-0.39, 0.29) is 17.3 Å². The first-order chi connectivity index (χ1) is 8.00. The molecule has 17 heavy (non-hydrogen) atoms. The fourth-order valence-corrected chi connectivity index (χ4v) is 2.27. The minimum Gasteiger partial charge on any atom is -0.378 e. The number of halogens is 3. The minimum absolute atomic E-state index is 0.0757. The van der Waals surface area contributed by atoms with E-state index in [2.05, 4.69) is 20.8 Å². The van der Waals surface area contributed by atoms with Gasteiger partial charge in [0.05, 0.1) is 12.1 Å². The molecule has 2 atom stereocenters. The molecular formula is C8H11F3N4OS. The Morgan fingerprint density at radius 1 is 1.41 bits per heavy atom. The molecule has 96 valence electrons. The first kappa shape index (κ1) is 12.5. The fraction of sp³-hybridized carbons (Fsp3) is 0.750. The normalized spacial score (nSPS) is 25.2. The molecule has 1 saturated heterocycles. The lowest BCUT2D eigenvalue weighted by atomic mass is 10.2. The number of anilines is 1. The van der Waals surface area contributed by atoms with Crippen LogP contribution >= 0.6 is 11.3 Å². The Morgan fingerprint density at radius 3 is 2.76 bits per heavy atom. The lowest BCUT2D eigenvalue weighted by molar-refractivity contribution is -0.138. The maximum Gasteiger partial charge on any atom is 0.445 e. The highest BCUT2D eigenvalue weighted by Crippen LogP contribution is 2.33. The number of nitrogens with zero attached hydrogens (tertiary/aromatic N) is 2. The summed E-state index contributed by atoms with van der Waals surface area (Å²) in [4.78, 5) is 0. The monoisotopic (exact) mass is 268 g/mol. The van der Waals surface area contributed by atoms with Crippen molar-refractivity contribution in [3.05, 3.63) is 5.01 Å². The molecule has 2 heterocycles. The van der Waals surface area contributed by atoms with Crippen molar-refractivity contribution in [3.63, 3.8) is 0 Å². The van der Waals surface area contributed by atoms with Crippen LogP contribution in [-0.2, 0) is 10.9 Å². The van der Waals surface area contributed by atoms with Gasteiger partial charge >= 0.3 is 6.18 Å². The number of hydrogen-bond acceptors (Lipinski definition) is 6. The quantitative estimate of drug-likeness (QED) is 0.855. The summed E-state index contributed by atoms with van der Waals surface area (Å²) < 4.78 is 42.1. The largest absolute Gasteiger partial charge is 0.445 e. The van der Waals surface area contributed by atoms with Crippen molar-refractivity contribution in [1.82, 2.24) is 15.5 Å². The fourth-order valence-electron chi connectivity index (χ4n) is 1.60. The zero-order valence-electron chi connectivity index (χ0n) is 8.91. The number of alkyl halides is 3. The molecular weight excluding hydrogens is 257 g/mol. The third-order valence-electron chi connectivity index (χ3n) is 2.44. The van der Waals surface area contributed by atoms with E-state index in [1.165, 1.54) is 0 Å². The molecule has 0 amide bonds. The zero-order valence-corrected chi connectivity index (χ0v) is 9.73. The Morgan fingerprint density at radius 2 is 2.18 bits per heavy atom. The number of hydrogen-bond donors (Lipinski definition) is 2. The van der Waals surface area contributed by atoms with Gasteiger partial charge in [0, 0.05) is 20.2 Å². The second kappa shape index (κ2) is 4.75. The summed E-state index contributed by atoms with van der Waals surface area (Å²) in [5.74, 6) is 0. The number of aromatic nitrogens is 2. The molecule has 2 N–H and O–H groups in total. The second-order valence-electron chi connectivity index (χ2n) is 3.59. The maximum atomic E-state index is 12.3. The predicted octanol–water partition coefficient (Wildman–Crippen LogP) is 0.956. The summed E-state index contributed by atoms with van der Waals surface area (Å²) in [6.45, 7) is 1.29. The molecule has 1 aliphatic heterocycles. The number of rotatable bonds is 3. The zero-order chi connectivity index (χ0) is 12.5. The highest BCUT2D eigenvalue weighted by molar-refractivity contribution is 7.15. The highest BCUT2D eigenvalue weighted by atomic mass is 32.1. The van der Waals surface area contributed by atoms with Gasteiger partial charge in [-0.15, -0.1) is 10.2 Å². The van der Waals surface area contributed by atoms with Crippen LogP contribution in [0.15, 0.2) is 0 Å². The Hall–Kier alpha value is -0.930. The van der Waals surface area contributed by atoms with Crippen LogP contribution in [-0.4, -0.2) is 42.5 Å². The van der Waals surface area contributed by atoms with Gasteiger partial charge in [0.2, 0.25) is 10.1 Å². The molecule has 0 spiro atoms. The molecule has 0 bridgehead atoms. The van der Waals surface area contributed by atoms with E-state index in [0.717, 1.165) is 0 Å². The van der Waals surface area contributed by atoms with E-state index in [1.807, 2.05) is 0 Å². The number of ether oxygens (including phenoxy) is 1. The second-order valence-corrected chi connectivity index (χ2v) is 4.57. The van der Waals surface area contributed by atoms with Gasteiger partial charge in [-0.1, -0.05) is 11.3 Å². The van der Waals surface area contributed by atoms with E-state index in [4.69, 9.17) is 4.74 Å². The Labute approximate surface area is 99.4 Å². The summed E-state index contributed by atoms with van der Waals surface area (Å²) in [5, 5.41) is 11.8. The summed E-state index contributed by atoms with van der Waals surface area (Å²) in [7, 11) is 1.56. The van der Waals surface area contributed by atoms with Crippen LogP contribution < -0.4 is 10.6 Å². The smallest absolute Gasteiger partial charge is 0.378 e. The minimum atomic E-state index is -4.44. The Balaban J connectivity index is 2.02. The average Bonchev–Trinajstić information content (AvgIpc) is 2.86. The lowest BCUT2D eigenvalue weighted by Crippen LogP contribution is -2.33. The van der Waals surface area contributed by atoms with Crippen LogP contribution in [0.1, 0.15) is 5.01 Å². The van der Waals surface area contributed by atoms with Crippen molar-refractivity contribution in [3.8, 4) is 0 Å². The van der Waals surface area contributed by atoms with Crippen molar-refractivity contribution >= 4 is 16.5 Å². The van der Waals surface area contributed by atoms with Crippen LogP contribution in [0.3, 0.4) is 0 Å². The van der Waals surface area contributed by atoms with Crippen molar-refractivity contribution in [2.45, 2.75) is 18.3 Å². The summed E-state index contributed by atoms with van der Waals surface area (Å²) >= 11 is 0.498. The molecule has 1 aliphatic rings. The van der Waals surface area contributed by atoms with Crippen molar-refractivity contribution in [1.29, 1.82) is 0 Å². The first-order valence-electron chi connectivity index (χ1n) is 4.91. The van der Waals surface area contributed by atoms with Crippen molar-refractivity contribution < 1.29 is 17.9 Å². The molecule has 1 aromatic rings. The van der Waals surface area contributed by atoms with Gasteiger partial charge in [-0.25, -0.2) is 0 Å². The standard InChI is InChI=1S/C8H11F3N4OS/c1-16-5-3-12-2-4(5)13-7-15-14-6(17-7)8(9,10)11/h4-5,12H,2-3H2,1H3,(H,13,15)/t4?,5-/m0/s1. The van der Waals surface area contributed by atoms with Crippen molar-refractivity contribution in [2.24, 2.45) is 0 Å². The van der Waals surface area contributed by atoms with E-state index < -0.39 is 11.2 Å². The van der Waals surface area contributed by atoms with Gasteiger partial charge in [0.15, 0.2) is 0 Å². The predicted molar refractivity (Wildman–Crippen MR) is 56.0 cm³/mol. The Kier molecular flexibility index (Phi) is 3.50. The molecule has 1 fully saturated rings. The van der Waals surface area contributed by atoms with E-state index in [0.29, 0.717) is 24.4 Å². The van der Waals surface area contributed by atoms with Gasteiger partial charge in [0.25, 0.3) is 0 Å². The third-order valence-corrected chi connectivity index (χ3v) is 3.34. The SMILES string of the molecule is CO[C@H]1CNCC1Nc1nnc(C(F)(F)F)s1. The molecule has 2 rings (SSSR count). The Bertz CT molecular complexity index is 383. The molecule has 1 unspecified atom stereocenters. The van der Waals surface area contributed by atoms with Crippen molar-refractivity contribution in [2.75, 3.05) is 25.5 Å². The summed E-state index contributed by atoms with van der Waals surface area (Å²) in [6.07, 6.45) is -4.51. The van der Waals surface area contributed by atoms with Crippen LogP contribution in [0.4, 0.5) is 18.3 Å². The topological polar surface area (TPSA) is 59.1 Å². The van der Waals surface area contributed by atoms with Gasteiger partial charge in [-0.3, -0.25) is 0 Å². The average molecular weight is 268 g/mol. The molecule has 0 radical (unpaired) electrons. The van der Waals surface area contributed by atoms with Gasteiger partial charge in [0.1, 0.15) is 0 Å². The molecule has 1 aromatic heterocycles. The number of methoxy groups -OCH3 is 1. The van der Waals surface area contributed by atoms with E-state index in [9.17, 15) is 13.2 Å². The van der Waals surface area contributed by atoms with Crippen LogP contribution in [0.25, 0.3) is 0 Å². The van der Waals surface area contributed by atoms with Crippen LogP contribution in [0, 0.1) is 0 Å². The maximum absolute atomic E-state index is 12.3. The van der Waals surface area contributed by atoms with E-state index in [1.54, 1.807) is 7.11 Å². The van der Waals surface area contributed by atoms with Crippen LogP contribution in [0.2, 0.25) is 0 Å². The highest BCUT2D eigenvalue weighted by Gasteiger charge is 2.36. The summed E-state index contributed by atoms with van der Waals surface area (Å²) in [5.41, 5.74) is 0. The third kappa shape index (κ3) is 2.85. The van der Waals surface area contributed by atoms with Gasteiger partial charge in [-0.2, -0.15) is 13.2 Å². The lowest BCUT2D eigenvalue weighted by Gasteiger charge is -2.17. The van der Waals surface area contributed by atoms with E-state index >= 15 is 0 Å². The molecule has 9 heteroatoms. The summed E-state index contributed by atoms with van der Waals surface area (Å²) in [6, 6.07) is -0.0889. The molecule has 0 saturated carbocycles. The molecule has 0 aromatic carbocycles. The first-order valence-corrected chi connectivity index (χ1v) is 5.73.